The number of Topliss-reactive ketones (excluding diaryl/α,β-unsaturated/α-hetero) is 1. The summed E-state index contributed by atoms with van der Waals surface area (Å²) in [7, 11) is 5.36. The third-order valence-corrected chi connectivity index (χ3v) is 8.99. The summed E-state index contributed by atoms with van der Waals surface area (Å²) in [4.78, 5) is 28.5. The summed E-state index contributed by atoms with van der Waals surface area (Å²) in [6, 6.07) is -0.165. The molecule has 0 spiro atoms. The second-order valence-electron chi connectivity index (χ2n) is 12.5. The van der Waals surface area contributed by atoms with Crippen molar-refractivity contribution in [2.24, 2.45) is 17.8 Å². The minimum atomic E-state index is -1.81. The van der Waals surface area contributed by atoms with Crippen LogP contribution in [-0.2, 0) is 28.5 Å². The van der Waals surface area contributed by atoms with Gasteiger partial charge in [0.05, 0.1) is 29.8 Å². The lowest BCUT2D eigenvalue weighted by Gasteiger charge is -2.45. The van der Waals surface area contributed by atoms with E-state index >= 15 is 0 Å². The summed E-state index contributed by atoms with van der Waals surface area (Å²) >= 11 is 0. The fourth-order valence-corrected chi connectivity index (χ4v) is 6.08. The van der Waals surface area contributed by atoms with E-state index in [2.05, 4.69) is 0 Å². The van der Waals surface area contributed by atoms with Crippen LogP contribution in [0.15, 0.2) is 0 Å². The number of hydrogen-bond acceptors (Lipinski definition) is 10. The molecule has 2 rings (SSSR count). The monoisotopic (exact) mass is 559 g/mol. The number of esters is 1. The first-order valence-corrected chi connectivity index (χ1v) is 14.3. The van der Waals surface area contributed by atoms with Gasteiger partial charge in [-0.2, -0.15) is 0 Å². The molecule has 39 heavy (non-hydrogen) atoms. The number of ether oxygens (including phenoxy) is 4. The molecule has 0 saturated carbocycles. The lowest BCUT2D eigenvalue weighted by molar-refractivity contribution is -0.291. The third kappa shape index (κ3) is 7.78. The van der Waals surface area contributed by atoms with Gasteiger partial charge in [0.2, 0.25) is 0 Å². The molecule has 12 atom stereocenters. The highest BCUT2D eigenvalue weighted by Crippen LogP contribution is 2.37. The molecular formula is C29H53NO9. The molecule has 10 heteroatoms. The fraction of sp³-hybridized carbons (Fsp3) is 0.931. The highest BCUT2D eigenvalue weighted by Gasteiger charge is 2.49. The molecule has 10 nitrogen and oxygen atoms in total. The van der Waals surface area contributed by atoms with Crippen molar-refractivity contribution >= 4 is 11.8 Å². The number of aliphatic hydroxyl groups is 3. The highest BCUT2D eigenvalue weighted by molar-refractivity contribution is 5.83. The van der Waals surface area contributed by atoms with Crippen LogP contribution in [-0.4, -0.2) is 107 Å². The largest absolute Gasteiger partial charge is 0.459 e. The maximum absolute atomic E-state index is 13.5. The van der Waals surface area contributed by atoms with Crippen molar-refractivity contribution in [2.45, 2.75) is 135 Å². The lowest BCUT2D eigenvalue weighted by Crippen LogP contribution is -2.58. The van der Waals surface area contributed by atoms with Crippen molar-refractivity contribution in [3.8, 4) is 0 Å². The number of hydrogen-bond donors (Lipinski definition) is 3. The van der Waals surface area contributed by atoms with Gasteiger partial charge in [-0.05, 0) is 67.0 Å². The number of cyclic esters (lactones) is 1. The van der Waals surface area contributed by atoms with E-state index in [0.29, 0.717) is 19.3 Å². The third-order valence-electron chi connectivity index (χ3n) is 8.99. The maximum Gasteiger partial charge on any atom is 0.309 e. The first-order chi connectivity index (χ1) is 18.0. The molecule has 0 radical (unpaired) electrons. The molecular weight excluding hydrogens is 506 g/mol. The van der Waals surface area contributed by atoms with Crippen molar-refractivity contribution in [3.05, 3.63) is 0 Å². The second kappa shape index (κ2) is 13.7. The van der Waals surface area contributed by atoms with Gasteiger partial charge in [-0.15, -0.1) is 0 Å². The number of aliphatic hydroxyl groups excluding tert-OH is 2. The number of carbonyl (C=O) groups excluding carboxylic acids is 2. The van der Waals surface area contributed by atoms with Crippen LogP contribution < -0.4 is 0 Å². The Hall–Kier alpha value is -1.14. The van der Waals surface area contributed by atoms with E-state index in [0.717, 1.165) is 0 Å². The van der Waals surface area contributed by atoms with Crippen molar-refractivity contribution < 1.29 is 43.9 Å². The molecule has 0 unspecified atom stereocenters. The number of methoxy groups -OCH3 is 1. The molecule has 3 N–H and O–H groups in total. The Bertz CT molecular complexity index is 821. The van der Waals surface area contributed by atoms with Gasteiger partial charge in [-0.1, -0.05) is 27.7 Å². The highest BCUT2D eigenvalue weighted by atomic mass is 16.7. The first-order valence-electron chi connectivity index (χ1n) is 14.3. The van der Waals surface area contributed by atoms with Crippen LogP contribution >= 0.6 is 0 Å². The summed E-state index contributed by atoms with van der Waals surface area (Å²) < 4.78 is 24.2. The van der Waals surface area contributed by atoms with E-state index < -0.39 is 65.6 Å². The zero-order valence-corrected chi connectivity index (χ0v) is 25.5. The smallest absolute Gasteiger partial charge is 0.309 e. The van der Waals surface area contributed by atoms with Gasteiger partial charge in [-0.25, -0.2) is 0 Å². The fourth-order valence-electron chi connectivity index (χ4n) is 6.08. The van der Waals surface area contributed by atoms with Crippen LogP contribution in [0, 0.1) is 17.8 Å². The van der Waals surface area contributed by atoms with Gasteiger partial charge in [-0.3, -0.25) is 9.59 Å². The molecule has 0 bridgehead atoms. The average molecular weight is 560 g/mol. The maximum atomic E-state index is 13.5. The summed E-state index contributed by atoms with van der Waals surface area (Å²) in [6.07, 6.45) is -3.10. The summed E-state index contributed by atoms with van der Waals surface area (Å²) in [5.41, 5.74) is -2.80. The Balaban J connectivity index is 2.46. The van der Waals surface area contributed by atoms with E-state index in [9.17, 15) is 24.9 Å². The standard InChI is InChI=1S/C29H53NO9/c1-11-21-29(7,35)25(33)19(5)23(31)17(3)15-28(6,36-10)22(13-12-16(2)26(34)38-21)39-27-24(32)20(30(8)9)14-18(4)37-27/h16-22,24-25,27,32-33,35H,11-15H2,1-10H3/t16-,17-,18-,19+,20+,21-,22-,24-,25-,27+,28-,29-/m1/s1. The molecule has 0 aromatic carbocycles. The molecule has 2 fully saturated rings. The number of carbonyl (C=O) groups is 2. The zero-order chi connectivity index (χ0) is 29.9. The lowest BCUT2D eigenvalue weighted by atomic mass is 9.76. The molecule has 2 aliphatic heterocycles. The van der Waals surface area contributed by atoms with Crippen molar-refractivity contribution in [3.63, 3.8) is 0 Å². The Labute approximate surface area is 234 Å². The minimum Gasteiger partial charge on any atom is -0.459 e. The van der Waals surface area contributed by atoms with E-state index in [1.807, 2.05) is 32.8 Å². The Morgan fingerprint density at radius 2 is 1.67 bits per heavy atom. The Morgan fingerprint density at radius 3 is 2.21 bits per heavy atom. The number of nitrogens with zero attached hydrogens (tertiary/aromatic N) is 1. The van der Waals surface area contributed by atoms with Crippen LogP contribution in [0.5, 0.6) is 0 Å². The number of ketones is 1. The average Bonchev–Trinajstić information content (AvgIpc) is 2.88. The van der Waals surface area contributed by atoms with Crippen LogP contribution in [0.4, 0.5) is 0 Å². The van der Waals surface area contributed by atoms with Gasteiger partial charge >= 0.3 is 5.97 Å². The van der Waals surface area contributed by atoms with Gasteiger partial charge in [0.25, 0.3) is 0 Å². The second-order valence-corrected chi connectivity index (χ2v) is 12.5. The molecule has 0 amide bonds. The van der Waals surface area contributed by atoms with Crippen LogP contribution in [0.3, 0.4) is 0 Å². The van der Waals surface area contributed by atoms with Gasteiger partial charge in [0.1, 0.15) is 23.6 Å². The van der Waals surface area contributed by atoms with E-state index in [1.165, 1.54) is 6.92 Å². The van der Waals surface area contributed by atoms with E-state index in [4.69, 9.17) is 18.9 Å². The van der Waals surface area contributed by atoms with Gasteiger partial charge < -0.3 is 39.2 Å². The number of rotatable bonds is 5. The topological polar surface area (TPSA) is 135 Å². The minimum absolute atomic E-state index is 0.145. The molecule has 228 valence electrons. The van der Waals surface area contributed by atoms with Crippen molar-refractivity contribution in [2.75, 3.05) is 21.2 Å². The predicted molar refractivity (Wildman–Crippen MR) is 146 cm³/mol. The first kappa shape index (κ1) is 34.1. The molecule has 0 aromatic rings. The van der Waals surface area contributed by atoms with Crippen molar-refractivity contribution in [1.29, 1.82) is 0 Å². The summed E-state index contributed by atoms with van der Waals surface area (Å²) in [6.45, 7) is 12.1. The molecule has 0 aliphatic carbocycles. The Morgan fingerprint density at radius 1 is 1.05 bits per heavy atom. The number of likely N-dealkylation sites (N-methyl/N-ethyl adjacent to an activating group) is 1. The van der Waals surface area contributed by atoms with Crippen LogP contribution in [0.1, 0.15) is 80.6 Å². The quantitative estimate of drug-likeness (QED) is 0.431. The van der Waals surface area contributed by atoms with Crippen LogP contribution in [0.2, 0.25) is 0 Å². The van der Waals surface area contributed by atoms with E-state index in [1.54, 1.807) is 34.8 Å². The Kier molecular flexibility index (Phi) is 11.9. The zero-order valence-electron chi connectivity index (χ0n) is 25.5. The van der Waals surface area contributed by atoms with Gasteiger partial charge in [0, 0.05) is 25.0 Å². The van der Waals surface area contributed by atoms with Crippen LogP contribution in [0.25, 0.3) is 0 Å². The molecule has 2 aliphatic rings. The van der Waals surface area contributed by atoms with Crippen molar-refractivity contribution in [1.82, 2.24) is 4.90 Å². The molecule has 2 heterocycles. The molecule has 0 aromatic heterocycles. The normalized spacial score (nSPS) is 45.6. The summed E-state index contributed by atoms with van der Waals surface area (Å²) in [5, 5.41) is 33.4. The summed E-state index contributed by atoms with van der Waals surface area (Å²) in [5.74, 6) is -2.76. The van der Waals surface area contributed by atoms with E-state index in [-0.39, 0.29) is 30.8 Å². The van der Waals surface area contributed by atoms with Gasteiger partial charge in [0.15, 0.2) is 6.29 Å². The molecule has 2 saturated heterocycles. The predicted octanol–water partition coefficient (Wildman–Crippen LogP) is 2.30. The SMILES string of the molecule is CC[C@H]1OC(=O)[C@H](C)CC[C@@H](O[C@@H]2O[C@H](C)C[C@H](N(C)C)[C@H]2O)[C@](C)(OC)C[C@@H](C)C(=O)[C@H](C)[C@@H](O)[C@]1(C)O.